The third-order valence-corrected chi connectivity index (χ3v) is 4.88. The topological polar surface area (TPSA) is 64.1 Å². The third kappa shape index (κ3) is 2.66. The lowest BCUT2D eigenvalue weighted by atomic mass is 9.77. The average molecular weight is 338 g/mol. The molecule has 2 aromatic rings. The van der Waals surface area contributed by atoms with Gasteiger partial charge in [0, 0.05) is 25.4 Å². The van der Waals surface area contributed by atoms with E-state index in [1.807, 2.05) is 49.0 Å². The highest BCUT2D eigenvalue weighted by Crippen LogP contribution is 2.31. The minimum Gasteiger partial charge on any atom is -0.395 e. The number of halogens is 1. The van der Waals surface area contributed by atoms with Gasteiger partial charge in [-0.1, -0.05) is 30.3 Å². The summed E-state index contributed by atoms with van der Waals surface area (Å²) in [5, 5.41) is 14.4. The molecule has 0 saturated heterocycles. The summed E-state index contributed by atoms with van der Waals surface area (Å²) in [5.41, 5.74) is 8.56. The molecular weight excluding hydrogens is 318 g/mol. The van der Waals surface area contributed by atoms with E-state index in [2.05, 4.69) is 21.0 Å². The maximum Gasteiger partial charge on any atom is 0.0738 e. The molecule has 0 spiro atoms. The predicted octanol–water partition coefficient (Wildman–Crippen LogP) is 1.92. The second kappa shape index (κ2) is 6.08. The molecule has 0 aliphatic rings. The minimum absolute atomic E-state index is 0.00415. The number of aliphatic hydroxyl groups excluding tert-OH is 1. The van der Waals surface area contributed by atoms with Gasteiger partial charge in [0.25, 0.3) is 0 Å². The Balaban J connectivity index is 2.45. The van der Waals surface area contributed by atoms with Crippen LogP contribution in [0.4, 0.5) is 0 Å². The predicted molar refractivity (Wildman–Crippen MR) is 83.6 cm³/mol. The second-order valence-corrected chi connectivity index (χ2v) is 5.95. The van der Waals surface area contributed by atoms with Crippen LogP contribution >= 0.6 is 15.9 Å². The van der Waals surface area contributed by atoms with Crippen LogP contribution in [0.3, 0.4) is 0 Å². The summed E-state index contributed by atoms with van der Waals surface area (Å²) in [7, 11) is 1.91. The molecule has 5 heteroatoms. The average Bonchev–Trinajstić information content (AvgIpc) is 2.71. The van der Waals surface area contributed by atoms with E-state index in [1.54, 1.807) is 0 Å². The van der Waals surface area contributed by atoms with Crippen LogP contribution in [0.15, 0.2) is 34.8 Å². The molecule has 4 nitrogen and oxygen atoms in total. The van der Waals surface area contributed by atoms with Gasteiger partial charge in [-0.2, -0.15) is 5.10 Å². The van der Waals surface area contributed by atoms with E-state index >= 15 is 0 Å². The fourth-order valence-electron chi connectivity index (χ4n) is 2.49. The zero-order chi connectivity index (χ0) is 14.8. The molecule has 0 aliphatic carbocycles. The SMILES string of the molecule is Cc1nn(C)c(CC(CN)(CO)c2ccccc2)c1Br. The minimum atomic E-state index is -0.482. The molecule has 1 unspecified atom stereocenters. The van der Waals surface area contributed by atoms with Crippen LogP contribution in [0.1, 0.15) is 17.0 Å². The lowest BCUT2D eigenvalue weighted by Crippen LogP contribution is -2.41. The number of nitrogens with zero attached hydrogens (tertiary/aromatic N) is 2. The lowest BCUT2D eigenvalue weighted by molar-refractivity contribution is 0.194. The van der Waals surface area contributed by atoms with Crippen LogP contribution in [0, 0.1) is 6.92 Å². The van der Waals surface area contributed by atoms with Crippen molar-refractivity contribution in [2.45, 2.75) is 18.8 Å². The van der Waals surface area contributed by atoms with Crippen LogP contribution in [-0.2, 0) is 18.9 Å². The highest BCUT2D eigenvalue weighted by atomic mass is 79.9. The van der Waals surface area contributed by atoms with Gasteiger partial charge < -0.3 is 10.8 Å². The zero-order valence-electron chi connectivity index (χ0n) is 11.8. The summed E-state index contributed by atoms with van der Waals surface area (Å²) in [4.78, 5) is 0. The molecule has 0 radical (unpaired) electrons. The fourth-order valence-corrected chi connectivity index (χ4v) is 2.96. The Hall–Kier alpha value is -1.17. The quantitative estimate of drug-likeness (QED) is 0.876. The van der Waals surface area contributed by atoms with Crippen molar-refractivity contribution in [1.82, 2.24) is 9.78 Å². The van der Waals surface area contributed by atoms with E-state index in [4.69, 9.17) is 5.73 Å². The van der Waals surface area contributed by atoms with Gasteiger partial charge in [-0.25, -0.2) is 0 Å². The number of nitrogens with two attached hydrogens (primary N) is 1. The molecule has 0 fully saturated rings. The van der Waals surface area contributed by atoms with Crippen molar-refractivity contribution < 1.29 is 5.11 Å². The second-order valence-electron chi connectivity index (χ2n) is 5.16. The highest BCUT2D eigenvalue weighted by molar-refractivity contribution is 9.10. The molecule has 0 amide bonds. The summed E-state index contributed by atoms with van der Waals surface area (Å²) < 4.78 is 2.84. The molecular formula is C15H20BrN3O. The first-order valence-corrected chi connectivity index (χ1v) is 7.38. The standard InChI is InChI=1S/C15H20BrN3O/c1-11-14(16)13(19(2)18-11)8-15(9-17,10-20)12-6-4-3-5-7-12/h3-7,20H,8-10,17H2,1-2H3. The van der Waals surface area contributed by atoms with Gasteiger partial charge in [-0.3, -0.25) is 4.68 Å². The van der Waals surface area contributed by atoms with Crippen LogP contribution in [0.5, 0.6) is 0 Å². The number of aryl methyl sites for hydroxylation is 2. The number of hydrogen-bond donors (Lipinski definition) is 2. The van der Waals surface area contributed by atoms with E-state index in [9.17, 15) is 5.11 Å². The van der Waals surface area contributed by atoms with E-state index in [-0.39, 0.29) is 6.61 Å². The fraction of sp³-hybridized carbons (Fsp3) is 0.400. The Morgan fingerprint density at radius 1 is 1.35 bits per heavy atom. The maximum atomic E-state index is 9.95. The summed E-state index contributed by atoms with van der Waals surface area (Å²) in [5.74, 6) is 0. The largest absolute Gasteiger partial charge is 0.395 e. The van der Waals surface area contributed by atoms with Gasteiger partial charge in [0.2, 0.25) is 0 Å². The molecule has 2 rings (SSSR count). The zero-order valence-corrected chi connectivity index (χ0v) is 13.4. The molecule has 1 aromatic heterocycles. The van der Waals surface area contributed by atoms with Gasteiger partial charge in [-0.15, -0.1) is 0 Å². The first-order valence-electron chi connectivity index (χ1n) is 6.58. The van der Waals surface area contributed by atoms with Gasteiger partial charge in [0.15, 0.2) is 0 Å². The van der Waals surface area contributed by atoms with E-state index in [0.717, 1.165) is 21.4 Å². The molecule has 108 valence electrons. The van der Waals surface area contributed by atoms with Crippen molar-refractivity contribution >= 4 is 15.9 Å². The van der Waals surface area contributed by atoms with Crippen molar-refractivity contribution in [1.29, 1.82) is 0 Å². The third-order valence-electron chi connectivity index (χ3n) is 3.85. The number of hydrogen-bond acceptors (Lipinski definition) is 3. The van der Waals surface area contributed by atoms with E-state index in [1.165, 1.54) is 0 Å². The van der Waals surface area contributed by atoms with Crippen molar-refractivity contribution in [2.75, 3.05) is 13.2 Å². The van der Waals surface area contributed by atoms with Crippen LogP contribution in [-0.4, -0.2) is 28.0 Å². The number of aromatic nitrogens is 2. The summed E-state index contributed by atoms with van der Waals surface area (Å²) >= 11 is 3.58. The van der Waals surface area contributed by atoms with Crippen molar-refractivity contribution in [3.8, 4) is 0 Å². The summed E-state index contributed by atoms with van der Waals surface area (Å²) in [6.45, 7) is 2.34. The number of rotatable bonds is 5. The number of aliphatic hydroxyl groups is 1. The molecule has 0 aliphatic heterocycles. The monoisotopic (exact) mass is 337 g/mol. The Morgan fingerprint density at radius 3 is 2.45 bits per heavy atom. The Kier molecular flexibility index (Phi) is 4.62. The van der Waals surface area contributed by atoms with Crippen molar-refractivity contribution in [3.63, 3.8) is 0 Å². The Morgan fingerprint density at radius 2 is 2.00 bits per heavy atom. The molecule has 1 atom stereocenters. The van der Waals surface area contributed by atoms with Crippen LogP contribution in [0.2, 0.25) is 0 Å². The van der Waals surface area contributed by atoms with Crippen molar-refractivity contribution in [2.24, 2.45) is 12.8 Å². The van der Waals surface area contributed by atoms with Gasteiger partial charge in [0.05, 0.1) is 22.5 Å². The molecule has 0 saturated carbocycles. The molecule has 3 N–H and O–H groups in total. The lowest BCUT2D eigenvalue weighted by Gasteiger charge is -2.31. The van der Waals surface area contributed by atoms with Crippen LogP contribution < -0.4 is 5.73 Å². The van der Waals surface area contributed by atoms with E-state index < -0.39 is 5.41 Å². The maximum absolute atomic E-state index is 9.95. The molecule has 0 bridgehead atoms. The molecule has 20 heavy (non-hydrogen) atoms. The summed E-state index contributed by atoms with van der Waals surface area (Å²) in [6.07, 6.45) is 0.641. The van der Waals surface area contributed by atoms with Crippen molar-refractivity contribution in [3.05, 3.63) is 51.8 Å². The van der Waals surface area contributed by atoms with Crippen LogP contribution in [0.25, 0.3) is 0 Å². The first kappa shape index (κ1) is 15.2. The number of benzene rings is 1. The normalized spacial score (nSPS) is 14.2. The van der Waals surface area contributed by atoms with E-state index in [0.29, 0.717) is 13.0 Å². The first-order chi connectivity index (χ1) is 9.54. The smallest absolute Gasteiger partial charge is 0.0738 e. The van der Waals surface area contributed by atoms with Gasteiger partial charge >= 0.3 is 0 Å². The highest BCUT2D eigenvalue weighted by Gasteiger charge is 2.32. The van der Waals surface area contributed by atoms with Gasteiger partial charge in [0.1, 0.15) is 0 Å². The Bertz CT molecular complexity index is 576. The molecule has 1 heterocycles. The summed E-state index contributed by atoms with van der Waals surface area (Å²) in [6, 6.07) is 9.94. The van der Waals surface area contributed by atoms with Gasteiger partial charge in [-0.05, 0) is 28.4 Å². The molecule has 1 aromatic carbocycles. The Labute approximate surface area is 127 Å².